The zero-order valence-electron chi connectivity index (χ0n) is 13.6. The zero-order chi connectivity index (χ0) is 15.8. The molecular weight excluding hydrogens is 256 g/mol. The first-order chi connectivity index (χ1) is 9.18. The van der Waals surface area contributed by atoms with Crippen LogP contribution >= 0.6 is 0 Å². The van der Waals surface area contributed by atoms with Crippen molar-refractivity contribution in [1.29, 1.82) is 0 Å². The van der Waals surface area contributed by atoms with Gasteiger partial charge in [-0.15, -0.1) is 0 Å². The Morgan fingerprint density at radius 1 is 1.15 bits per heavy atom. The van der Waals surface area contributed by atoms with Crippen LogP contribution in [0.2, 0.25) is 0 Å². The van der Waals surface area contributed by atoms with Crippen molar-refractivity contribution in [3.63, 3.8) is 0 Å². The molecule has 0 heterocycles. The number of rotatable bonds is 7. The van der Waals surface area contributed by atoms with Gasteiger partial charge in [0.05, 0.1) is 17.6 Å². The van der Waals surface area contributed by atoms with Crippen LogP contribution in [0, 0.1) is 11.3 Å². The van der Waals surface area contributed by atoms with Crippen molar-refractivity contribution in [2.45, 2.75) is 54.4 Å². The van der Waals surface area contributed by atoms with Gasteiger partial charge in [0.2, 0.25) is 0 Å². The van der Waals surface area contributed by atoms with E-state index in [-0.39, 0.29) is 18.5 Å². The number of esters is 2. The second kappa shape index (κ2) is 8.77. The average Bonchev–Trinajstić information content (AvgIpc) is 2.34. The molecule has 0 amide bonds. The maximum absolute atomic E-state index is 11.9. The SMILES string of the molecule is CCCC=C(COC(=O)C(C)(C)C)C(=O)OCC(C)C. The standard InChI is InChI=1S/C16H28O4/c1-7-8-9-13(14(17)19-10-12(2)3)11-20-15(18)16(4,5)6/h9,12H,7-8,10-11H2,1-6H3. The smallest absolute Gasteiger partial charge is 0.337 e. The van der Waals surface area contributed by atoms with Crippen LogP contribution in [0.1, 0.15) is 54.4 Å². The fourth-order valence-corrected chi connectivity index (χ4v) is 1.21. The molecule has 0 rings (SSSR count). The molecule has 0 radical (unpaired) electrons. The van der Waals surface area contributed by atoms with Crippen molar-refractivity contribution in [3.8, 4) is 0 Å². The lowest BCUT2D eigenvalue weighted by atomic mass is 9.97. The molecule has 0 saturated heterocycles. The molecule has 0 fully saturated rings. The lowest BCUT2D eigenvalue weighted by Gasteiger charge is -2.17. The highest BCUT2D eigenvalue weighted by Crippen LogP contribution is 2.16. The third-order valence-corrected chi connectivity index (χ3v) is 2.46. The number of unbranched alkanes of at least 4 members (excludes halogenated alkanes) is 1. The summed E-state index contributed by atoms with van der Waals surface area (Å²) < 4.78 is 10.4. The molecule has 0 aromatic carbocycles. The Morgan fingerprint density at radius 3 is 2.20 bits per heavy atom. The van der Waals surface area contributed by atoms with Gasteiger partial charge in [-0.2, -0.15) is 0 Å². The molecule has 0 aromatic rings. The fourth-order valence-electron chi connectivity index (χ4n) is 1.21. The largest absolute Gasteiger partial charge is 0.462 e. The number of carbonyl (C=O) groups excluding carboxylic acids is 2. The summed E-state index contributed by atoms with van der Waals surface area (Å²) in [6.45, 7) is 11.7. The molecule has 0 unspecified atom stereocenters. The summed E-state index contributed by atoms with van der Waals surface area (Å²) in [5, 5.41) is 0. The van der Waals surface area contributed by atoms with Gasteiger partial charge >= 0.3 is 11.9 Å². The van der Waals surface area contributed by atoms with Crippen LogP contribution < -0.4 is 0 Å². The summed E-state index contributed by atoms with van der Waals surface area (Å²) >= 11 is 0. The fraction of sp³-hybridized carbons (Fsp3) is 0.750. The Labute approximate surface area is 122 Å². The lowest BCUT2D eigenvalue weighted by molar-refractivity contribution is -0.152. The van der Waals surface area contributed by atoms with Crippen LogP contribution in [0.5, 0.6) is 0 Å². The van der Waals surface area contributed by atoms with Crippen molar-refractivity contribution in [3.05, 3.63) is 11.6 Å². The van der Waals surface area contributed by atoms with E-state index in [1.165, 1.54) is 0 Å². The van der Waals surface area contributed by atoms with Gasteiger partial charge in [0.15, 0.2) is 0 Å². The molecule has 0 aliphatic carbocycles. The maximum atomic E-state index is 11.9. The molecule has 4 nitrogen and oxygen atoms in total. The number of allylic oxidation sites excluding steroid dienone is 1. The number of hydrogen-bond acceptors (Lipinski definition) is 4. The number of ether oxygens (including phenoxy) is 2. The monoisotopic (exact) mass is 284 g/mol. The Morgan fingerprint density at radius 2 is 1.75 bits per heavy atom. The van der Waals surface area contributed by atoms with Crippen LogP contribution in [-0.4, -0.2) is 25.2 Å². The van der Waals surface area contributed by atoms with Crippen molar-refractivity contribution >= 4 is 11.9 Å². The van der Waals surface area contributed by atoms with E-state index < -0.39 is 11.4 Å². The number of carbonyl (C=O) groups is 2. The summed E-state index contributed by atoms with van der Waals surface area (Å²) in [6, 6.07) is 0. The van der Waals surface area contributed by atoms with Crippen LogP contribution in [-0.2, 0) is 19.1 Å². The third-order valence-electron chi connectivity index (χ3n) is 2.46. The molecule has 0 aromatic heterocycles. The van der Waals surface area contributed by atoms with Crippen molar-refractivity contribution in [1.82, 2.24) is 0 Å². The second-order valence-corrected chi connectivity index (χ2v) is 6.34. The highest BCUT2D eigenvalue weighted by Gasteiger charge is 2.24. The molecule has 0 spiro atoms. The first-order valence-corrected chi connectivity index (χ1v) is 7.21. The molecule has 0 saturated carbocycles. The van der Waals surface area contributed by atoms with Gasteiger partial charge < -0.3 is 9.47 Å². The predicted molar refractivity (Wildman–Crippen MR) is 79.2 cm³/mol. The first-order valence-electron chi connectivity index (χ1n) is 7.21. The minimum absolute atomic E-state index is 0.0208. The maximum Gasteiger partial charge on any atom is 0.337 e. The van der Waals surface area contributed by atoms with Crippen LogP contribution in [0.3, 0.4) is 0 Å². The molecule has 20 heavy (non-hydrogen) atoms. The van der Waals surface area contributed by atoms with Crippen LogP contribution in [0.4, 0.5) is 0 Å². The molecule has 0 aliphatic heterocycles. The van der Waals surface area contributed by atoms with Gasteiger partial charge in [-0.1, -0.05) is 33.3 Å². The zero-order valence-corrected chi connectivity index (χ0v) is 13.6. The normalized spacial score (nSPS) is 12.4. The van der Waals surface area contributed by atoms with E-state index in [9.17, 15) is 9.59 Å². The van der Waals surface area contributed by atoms with Gasteiger partial charge in [0.1, 0.15) is 6.61 Å². The van der Waals surface area contributed by atoms with Crippen molar-refractivity contribution < 1.29 is 19.1 Å². The number of hydrogen-bond donors (Lipinski definition) is 0. The first kappa shape index (κ1) is 18.7. The van der Waals surface area contributed by atoms with E-state index in [0.29, 0.717) is 12.2 Å². The van der Waals surface area contributed by atoms with Gasteiger partial charge in [-0.05, 0) is 33.1 Å². The summed E-state index contributed by atoms with van der Waals surface area (Å²) in [5.41, 5.74) is -0.150. The van der Waals surface area contributed by atoms with E-state index in [4.69, 9.17) is 9.47 Å². The van der Waals surface area contributed by atoms with E-state index in [1.807, 2.05) is 20.8 Å². The van der Waals surface area contributed by atoms with Gasteiger partial charge in [0.25, 0.3) is 0 Å². The molecule has 0 bridgehead atoms. The lowest BCUT2D eigenvalue weighted by Crippen LogP contribution is -2.25. The average molecular weight is 284 g/mol. The minimum Gasteiger partial charge on any atom is -0.462 e. The molecular formula is C16H28O4. The summed E-state index contributed by atoms with van der Waals surface area (Å²) in [6.07, 6.45) is 3.48. The molecule has 0 atom stereocenters. The summed E-state index contributed by atoms with van der Waals surface area (Å²) in [4.78, 5) is 23.7. The molecule has 116 valence electrons. The third kappa shape index (κ3) is 7.97. The Balaban J connectivity index is 4.58. The second-order valence-electron chi connectivity index (χ2n) is 6.34. The Bertz CT molecular complexity index is 348. The topological polar surface area (TPSA) is 52.6 Å². The Kier molecular flexibility index (Phi) is 8.19. The van der Waals surface area contributed by atoms with Crippen LogP contribution in [0.15, 0.2) is 11.6 Å². The summed E-state index contributed by atoms with van der Waals surface area (Å²) in [7, 11) is 0. The minimum atomic E-state index is -0.572. The summed E-state index contributed by atoms with van der Waals surface area (Å²) in [5.74, 6) is -0.436. The van der Waals surface area contributed by atoms with Gasteiger partial charge in [-0.25, -0.2) is 4.79 Å². The van der Waals surface area contributed by atoms with Crippen LogP contribution in [0.25, 0.3) is 0 Å². The highest BCUT2D eigenvalue weighted by molar-refractivity contribution is 5.89. The van der Waals surface area contributed by atoms with Crippen molar-refractivity contribution in [2.75, 3.05) is 13.2 Å². The van der Waals surface area contributed by atoms with Gasteiger partial charge in [0, 0.05) is 0 Å². The van der Waals surface area contributed by atoms with E-state index >= 15 is 0 Å². The van der Waals surface area contributed by atoms with E-state index in [2.05, 4.69) is 0 Å². The molecule has 0 aliphatic rings. The van der Waals surface area contributed by atoms with Gasteiger partial charge in [-0.3, -0.25) is 4.79 Å². The Hall–Kier alpha value is -1.32. The molecule has 0 N–H and O–H groups in total. The highest BCUT2D eigenvalue weighted by atomic mass is 16.5. The molecule has 4 heteroatoms. The van der Waals surface area contributed by atoms with E-state index in [0.717, 1.165) is 12.8 Å². The quantitative estimate of drug-likeness (QED) is 0.530. The van der Waals surface area contributed by atoms with E-state index in [1.54, 1.807) is 26.8 Å². The van der Waals surface area contributed by atoms with Crippen molar-refractivity contribution in [2.24, 2.45) is 11.3 Å². The predicted octanol–water partition coefficient (Wildman–Crippen LogP) is 3.50.